The molecule has 6 nitrogen and oxygen atoms in total. The fourth-order valence-corrected chi connectivity index (χ4v) is 2.36. The molecule has 2 rings (SSSR count). The molecule has 1 aliphatic rings. The molecule has 0 spiro atoms. The summed E-state index contributed by atoms with van der Waals surface area (Å²) >= 11 is 0. The Morgan fingerprint density at radius 1 is 1.35 bits per heavy atom. The van der Waals surface area contributed by atoms with E-state index in [1.54, 1.807) is 6.20 Å². The third-order valence-electron chi connectivity index (χ3n) is 2.81. The maximum Gasteiger partial charge on any atom is 0.209 e. The minimum absolute atomic E-state index is 0. The fourth-order valence-electron chi connectivity index (χ4n) is 1.94. The van der Waals surface area contributed by atoms with Gasteiger partial charge >= 0.3 is 0 Å². The van der Waals surface area contributed by atoms with Gasteiger partial charge in [0.25, 0.3) is 0 Å². The van der Waals surface area contributed by atoms with Crippen LogP contribution in [0.4, 0.5) is 5.82 Å². The SMILES string of the molecule is CS(=O)(=O)NCc1cccnc1N1CCNCC1.Cl.Cl. The Bertz CT molecular complexity index is 507. The minimum Gasteiger partial charge on any atom is -0.354 e. The summed E-state index contributed by atoms with van der Waals surface area (Å²) in [6, 6.07) is 3.73. The molecule has 1 aromatic rings. The molecule has 2 N–H and O–H groups in total. The van der Waals surface area contributed by atoms with E-state index in [1.165, 1.54) is 0 Å². The zero-order chi connectivity index (χ0) is 13.0. The van der Waals surface area contributed by atoms with E-state index in [4.69, 9.17) is 0 Å². The van der Waals surface area contributed by atoms with Gasteiger partial charge in [0, 0.05) is 44.5 Å². The molecular formula is C11H20Cl2N4O2S. The van der Waals surface area contributed by atoms with Crippen LogP contribution in [0.2, 0.25) is 0 Å². The van der Waals surface area contributed by atoms with Crippen LogP contribution in [-0.4, -0.2) is 45.8 Å². The Morgan fingerprint density at radius 3 is 2.60 bits per heavy atom. The summed E-state index contributed by atoms with van der Waals surface area (Å²) in [6.07, 6.45) is 2.90. The van der Waals surface area contributed by atoms with E-state index in [0.717, 1.165) is 43.8 Å². The number of aromatic nitrogens is 1. The van der Waals surface area contributed by atoms with Crippen molar-refractivity contribution in [3.63, 3.8) is 0 Å². The van der Waals surface area contributed by atoms with Crippen LogP contribution in [0.1, 0.15) is 5.56 Å². The van der Waals surface area contributed by atoms with Gasteiger partial charge in [-0.3, -0.25) is 0 Å². The van der Waals surface area contributed by atoms with Crippen molar-refractivity contribution >= 4 is 40.7 Å². The Kier molecular flexibility index (Phi) is 8.38. The largest absolute Gasteiger partial charge is 0.354 e. The van der Waals surface area contributed by atoms with Gasteiger partial charge in [0.1, 0.15) is 5.82 Å². The van der Waals surface area contributed by atoms with E-state index in [9.17, 15) is 8.42 Å². The summed E-state index contributed by atoms with van der Waals surface area (Å²) in [7, 11) is -3.18. The van der Waals surface area contributed by atoms with E-state index in [0.29, 0.717) is 0 Å². The molecule has 1 aromatic heterocycles. The molecule has 9 heteroatoms. The normalized spacial score (nSPS) is 15.2. The van der Waals surface area contributed by atoms with Crippen molar-refractivity contribution < 1.29 is 8.42 Å². The van der Waals surface area contributed by atoms with Crippen LogP contribution >= 0.6 is 24.8 Å². The first-order chi connectivity index (χ1) is 8.56. The van der Waals surface area contributed by atoms with Crippen LogP contribution < -0.4 is 14.9 Å². The van der Waals surface area contributed by atoms with Gasteiger partial charge in [-0.05, 0) is 6.07 Å². The summed E-state index contributed by atoms with van der Waals surface area (Å²) in [5, 5.41) is 3.28. The van der Waals surface area contributed by atoms with Gasteiger partial charge < -0.3 is 10.2 Å². The summed E-state index contributed by atoms with van der Waals surface area (Å²) in [5.74, 6) is 0.871. The van der Waals surface area contributed by atoms with Crippen molar-refractivity contribution in [2.24, 2.45) is 0 Å². The zero-order valence-electron chi connectivity index (χ0n) is 11.2. The van der Waals surface area contributed by atoms with E-state index in [2.05, 4.69) is 19.9 Å². The summed E-state index contributed by atoms with van der Waals surface area (Å²) in [6.45, 7) is 3.92. The lowest BCUT2D eigenvalue weighted by Gasteiger charge is -2.29. The van der Waals surface area contributed by atoms with Gasteiger partial charge in [-0.2, -0.15) is 0 Å². The van der Waals surface area contributed by atoms with Gasteiger partial charge in [0.15, 0.2) is 0 Å². The fraction of sp³-hybridized carbons (Fsp3) is 0.545. The van der Waals surface area contributed by atoms with Gasteiger partial charge in [-0.1, -0.05) is 6.07 Å². The van der Waals surface area contributed by atoms with Gasteiger partial charge in [-0.25, -0.2) is 18.1 Å². The second-order valence-corrected chi connectivity index (χ2v) is 6.15. The van der Waals surface area contributed by atoms with Gasteiger partial charge in [0.05, 0.1) is 6.26 Å². The molecule has 0 radical (unpaired) electrons. The molecule has 0 unspecified atom stereocenters. The van der Waals surface area contributed by atoms with Crippen LogP contribution in [0.25, 0.3) is 0 Å². The molecule has 0 aliphatic carbocycles. The molecule has 0 aromatic carbocycles. The Balaban J connectivity index is 0.00000180. The molecule has 116 valence electrons. The predicted octanol–water partition coefficient (Wildman–Crippen LogP) is 0.384. The zero-order valence-corrected chi connectivity index (χ0v) is 13.7. The lowest BCUT2D eigenvalue weighted by molar-refractivity contribution is 0.579. The first kappa shape index (κ1) is 19.4. The molecule has 0 saturated carbocycles. The number of pyridine rings is 1. The van der Waals surface area contributed by atoms with Crippen molar-refractivity contribution in [1.29, 1.82) is 0 Å². The maximum absolute atomic E-state index is 11.1. The highest BCUT2D eigenvalue weighted by molar-refractivity contribution is 7.88. The number of nitrogens with one attached hydrogen (secondary N) is 2. The highest BCUT2D eigenvalue weighted by Gasteiger charge is 2.15. The molecule has 1 saturated heterocycles. The Labute approximate surface area is 132 Å². The third-order valence-corrected chi connectivity index (χ3v) is 3.48. The average Bonchev–Trinajstić information content (AvgIpc) is 2.37. The van der Waals surface area contributed by atoms with E-state index < -0.39 is 10.0 Å². The second kappa shape index (κ2) is 8.63. The van der Waals surface area contributed by atoms with Crippen LogP contribution in [0, 0.1) is 0 Å². The van der Waals surface area contributed by atoms with Crippen LogP contribution in [-0.2, 0) is 16.6 Å². The number of rotatable bonds is 4. The van der Waals surface area contributed by atoms with Crippen molar-refractivity contribution in [2.75, 3.05) is 37.3 Å². The highest BCUT2D eigenvalue weighted by atomic mass is 35.5. The molecule has 1 aliphatic heterocycles. The monoisotopic (exact) mass is 342 g/mol. The summed E-state index contributed by atoms with van der Waals surface area (Å²) < 4.78 is 24.8. The number of halogens is 2. The van der Waals surface area contributed by atoms with Crippen molar-refractivity contribution in [1.82, 2.24) is 15.0 Å². The summed E-state index contributed by atoms with van der Waals surface area (Å²) in [4.78, 5) is 6.54. The molecule has 1 fully saturated rings. The van der Waals surface area contributed by atoms with Crippen LogP contribution in [0.15, 0.2) is 18.3 Å². The van der Waals surface area contributed by atoms with Gasteiger partial charge in [-0.15, -0.1) is 24.8 Å². The molecule has 2 heterocycles. The maximum atomic E-state index is 11.1. The second-order valence-electron chi connectivity index (χ2n) is 4.32. The predicted molar refractivity (Wildman–Crippen MR) is 85.5 cm³/mol. The first-order valence-corrected chi connectivity index (χ1v) is 7.79. The van der Waals surface area contributed by atoms with Crippen molar-refractivity contribution in [2.45, 2.75) is 6.54 Å². The smallest absolute Gasteiger partial charge is 0.209 e. The first-order valence-electron chi connectivity index (χ1n) is 5.90. The highest BCUT2D eigenvalue weighted by Crippen LogP contribution is 2.17. The Hall–Kier alpha value is -0.600. The number of anilines is 1. The molecule has 0 amide bonds. The molecule has 0 atom stereocenters. The van der Waals surface area contributed by atoms with Crippen LogP contribution in [0.5, 0.6) is 0 Å². The number of piperazine rings is 1. The third kappa shape index (κ3) is 5.80. The van der Waals surface area contributed by atoms with E-state index in [1.807, 2.05) is 12.1 Å². The molecule has 20 heavy (non-hydrogen) atoms. The Morgan fingerprint density at radius 2 is 2.00 bits per heavy atom. The molecular weight excluding hydrogens is 323 g/mol. The van der Waals surface area contributed by atoms with Crippen molar-refractivity contribution in [3.8, 4) is 0 Å². The van der Waals surface area contributed by atoms with E-state index >= 15 is 0 Å². The average molecular weight is 343 g/mol. The lowest BCUT2D eigenvalue weighted by Crippen LogP contribution is -2.44. The lowest BCUT2D eigenvalue weighted by atomic mass is 10.2. The standard InChI is InChI=1S/C11H18N4O2S.2ClH/c1-18(16,17)14-9-10-3-2-4-13-11(10)15-7-5-12-6-8-15;;/h2-4,12,14H,5-9H2,1H3;2*1H. The number of hydrogen-bond donors (Lipinski definition) is 2. The van der Waals surface area contributed by atoms with Gasteiger partial charge in [0.2, 0.25) is 10.0 Å². The van der Waals surface area contributed by atoms with Crippen molar-refractivity contribution in [3.05, 3.63) is 23.9 Å². The number of hydrogen-bond acceptors (Lipinski definition) is 5. The van der Waals surface area contributed by atoms with E-state index in [-0.39, 0.29) is 31.4 Å². The quantitative estimate of drug-likeness (QED) is 0.827. The number of sulfonamides is 1. The topological polar surface area (TPSA) is 74.3 Å². The van der Waals surface area contributed by atoms with Crippen LogP contribution in [0.3, 0.4) is 0 Å². The number of nitrogens with zero attached hydrogens (tertiary/aromatic N) is 2. The minimum atomic E-state index is -3.18. The molecule has 0 bridgehead atoms. The summed E-state index contributed by atoms with van der Waals surface area (Å²) in [5.41, 5.74) is 0.907.